The quantitative estimate of drug-likeness (QED) is 0.833. The molecule has 0 aliphatic carbocycles. The van der Waals surface area contributed by atoms with E-state index in [0.717, 1.165) is 17.2 Å². The molecule has 0 aliphatic rings. The smallest absolute Gasteiger partial charge is 0.253 e. The standard InChI is InChI=1S/C15H17ClN2O2/c1-10(5-4-8-19)18-15(20)13-9-17-14(16)12-7-3-2-6-11(12)13/h2-3,6-7,9-10,19H,4-5,8H2,1H3,(H,18,20). The van der Waals surface area contributed by atoms with E-state index in [0.29, 0.717) is 17.1 Å². The van der Waals surface area contributed by atoms with Crippen molar-refractivity contribution in [2.24, 2.45) is 0 Å². The Balaban J connectivity index is 2.24. The largest absolute Gasteiger partial charge is 0.396 e. The Hall–Kier alpha value is -1.65. The van der Waals surface area contributed by atoms with Gasteiger partial charge >= 0.3 is 0 Å². The van der Waals surface area contributed by atoms with Crippen molar-refractivity contribution in [1.29, 1.82) is 0 Å². The number of nitrogens with one attached hydrogen (secondary N) is 1. The van der Waals surface area contributed by atoms with Gasteiger partial charge in [-0.05, 0) is 25.2 Å². The molecule has 106 valence electrons. The Bertz CT molecular complexity index is 616. The summed E-state index contributed by atoms with van der Waals surface area (Å²) in [4.78, 5) is 16.3. The number of nitrogens with zero attached hydrogens (tertiary/aromatic N) is 1. The highest BCUT2D eigenvalue weighted by Gasteiger charge is 2.14. The summed E-state index contributed by atoms with van der Waals surface area (Å²) in [7, 11) is 0. The number of benzene rings is 1. The van der Waals surface area contributed by atoms with Crippen LogP contribution in [0.5, 0.6) is 0 Å². The molecule has 1 heterocycles. The van der Waals surface area contributed by atoms with Crippen LogP contribution in [-0.4, -0.2) is 28.6 Å². The van der Waals surface area contributed by atoms with Crippen LogP contribution < -0.4 is 5.32 Å². The molecule has 1 atom stereocenters. The lowest BCUT2D eigenvalue weighted by Crippen LogP contribution is -2.32. The third-order valence-corrected chi connectivity index (χ3v) is 3.47. The van der Waals surface area contributed by atoms with Crippen LogP contribution >= 0.6 is 11.6 Å². The molecule has 0 bridgehead atoms. The summed E-state index contributed by atoms with van der Waals surface area (Å²) in [6, 6.07) is 7.43. The number of aliphatic hydroxyl groups excluding tert-OH is 1. The van der Waals surface area contributed by atoms with Gasteiger partial charge in [0.1, 0.15) is 5.15 Å². The number of hydrogen-bond acceptors (Lipinski definition) is 3. The number of hydrogen-bond donors (Lipinski definition) is 2. The van der Waals surface area contributed by atoms with E-state index in [1.54, 1.807) is 0 Å². The lowest BCUT2D eigenvalue weighted by molar-refractivity contribution is 0.0938. The van der Waals surface area contributed by atoms with Gasteiger partial charge in [-0.25, -0.2) is 4.98 Å². The third kappa shape index (κ3) is 3.26. The second-order valence-electron chi connectivity index (χ2n) is 4.75. The molecule has 0 fully saturated rings. The number of amides is 1. The second-order valence-corrected chi connectivity index (χ2v) is 5.11. The summed E-state index contributed by atoms with van der Waals surface area (Å²) in [5.41, 5.74) is 0.515. The molecule has 2 aromatic rings. The van der Waals surface area contributed by atoms with Crippen LogP contribution in [0.4, 0.5) is 0 Å². The summed E-state index contributed by atoms with van der Waals surface area (Å²) in [6.45, 7) is 2.05. The Labute approximate surface area is 122 Å². The summed E-state index contributed by atoms with van der Waals surface area (Å²) in [6.07, 6.45) is 2.90. The average Bonchev–Trinajstić information content (AvgIpc) is 2.45. The molecular formula is C15H17ClN2O2. The van der Waals surface area contributed by atoms with Crippen LogP contribution in [0, 0.1) is 0 Å². The fraction of sp³-hybridized carbons (Fsp3) is 0.333. The van der Waals surface area contributed by atoms with Crippen molar-refractivity contribution < 1.29 is 9.90 Å². The zero-order chi connectivity index (χ0) is 14.5. The van der Waals surface area contributed by atoms with Crippen LogP contribution in [0.2, 0.25) is 5.15 Å². The fourth-order valence-electron chi connectivity index (χ4n) is 2.11. The minimum atomic E-state index is -0.171. The highest BCUT2D eigenvalue weighted by molar-refractivity contribution is 6.34. The molecule has 2 rings (SSSR count). The highest BCUT2D eigenvalue weighted by Crippen LogP contribution is 2.24. The van der Waals surface area contributed by atoms with E-state index in [1.807, 2.05) is 31.2 Å². The normalized spacial score (nSPS) is 12.3. The minimum absolute atomic E-state index is 0.00379. The molecule has 1 unspecified atom stereocenters. The van der Waals surface area contributed by atoms with Gasteiger partial charge in [-0.2, -0.15) is 0 Å². The van der Waals surface area contributed by atoms with Gasteiger partial charge in [-0.3, -0.25) is 4.79 Å². The van der Waals surface area contributed by atoms with E-state index in [4.69, 9.17) is 16.7 Å². The molecule has 4 nitrogen and oxygen atoms in total. The Morgan fingerprint density at radius 2 is 2.10 bits per heavy atom. The van der Waals surface area contributed by atoms with Gasteiger partial charge in [0.25, 0.3) is 5.91 Å². The molecular weight excluding hydrogens is 276 g/mol. The number of rotatable bonds is 5. The molecule has 0 spiro atoms. The SMILES string of the molecule is CC(CCCO)NC(=O)c1cnc(Cl)c2ccccc12. The topological polar surface area (TPSA) is 62.2 Å². The van der Waals surface area contributed by atoms with Crippen molar-refractivity contribution in [3.8, 4) is 0 Å². The average molecular weight is 293 g/mol. The number of aliphatic hydroxyl groups is 1. The molecule has 20 heavy (non-hydrogen) atoms. The first-order valence-electron chi connectivity index (χ1n) is 6.58. The monoisotopic (exact) mass is 292 g/mol. The fourth-order valence-corrected chi connectivity index (χ4v) is 2.32. The van der Waals surface area contributed by atoms with Gasteiger partial charge in [-0.15, -0.1) is 0 Å². The predicted octanol–water partition coefficient (Wildman–Crippen LogP) is 2.78. The lowest BCUT2D eigenvalue weighted by Gasteiger charge is -2.14. The van der Waals surface area contributed by atoms with Gasteiger partial charge in [0.2, 0.25) is 0 Å². The first-order valence-corrected chi connectivity index (χ1v) is 6.96. The molecule has 0 saturated heterocycles. The van der Waals surface area contributed by atoms with Gasteiger partial charge in [0.15, 0.2) is 0 Å². The van der Waals surface area contributed by atoms with Crippen LogP contribution in [0.25, 0.3) is 10.8 Å². The molecule has 2 N–H and O–H groups in total. The van der Waals surface area contributed by atoms with E-state index >= 15 is 0 Å². The summed E-state index contributed by atoms with van der Waals surface area (Å²) >= 11 is 6.04. The van der Waals surface area contributed by atoms with Gasteiger partial charge in [0, 0.05) is 24.2 Å². The number of fused-ring (bicyclic) bond motifs is 1. The lowest BCUT2D eigenvalue weighted by atomic mass is 10.1. The van der Waals surface area contributed by atoms with Crippen molar-refractivity contribution in [2.75, 3.05) is 6.61 Å². The molecule has 1 aromatic carbocycles. The summed E-state index contributed by atoms with van der Waals surface area (Å²) in [5.74, 6) is -0.171. The van der Waals surface area contributed by atoms with E-state index in [1.165, 1.54) is 6.20 Å². The Kier molecular flexibility index (Phi) is 4.93. The number of carbonyl (C=O) groups excluding carboxylic acids is 1. The van der Waals surface area contributed by atoms with Crippen molar-refractivity contribution in [2.45, 2.75) is 25.8 Å². The zero-order valence-corrected chi connectivity index (χ0v) is 12.0. The van der Waals surface area contributed by atoms with E-state index in [9.17, 15) is 4.79 Å². The van der Waals surface area contributed by atoms with E-state index < -0.39 is 0 Å². The van der Waals surface area contributed by atoms with E-state index in [2.05, 4.69) is 10.3 Å². The maximum absolute atomic E-state index is 12.3. The molecule has 0 radical (unpaired) electrons. The molecule has 1 amide bonds. The van der Waals surface area contributed by atoms with Gasteiger partial charge < -0.3 is 10.4 Å². The molecule has 0 saturated carbocycles. The van der Waals surface area contributed by atoms with Crippen LogP contribution in [0.1, 0.15) is 30.1 Å². The number of aromatic nitrogens is 1. The zero-order valence-electron chi connectivity index (χ0n) is 11.3. The first kappa shape index (κ1) is 14.8. The number of halogens is 1. The number of carbonyl (C=O) groups is 1. The van der Waals surface area contributed by atoms with Crippen LogP contribution in [0.3, 0.4) is 0 Å². The third-order valence-electron chi connectivity index (χ3n) is 3.16. The van der Waals surface area contributed by atoms with Gasteiger partial charge in [0.05, 0.1) is 5.56 Å². The van der Waals surface area contributed by atoms with Crippen LogP contribution in [-0.2, 0) is 0 Å². The first-order chi connectivity index (χ1) is 9.63. The Morgan fingerprint density at radius 1 is 1.40 bits per heavy atom. The summed E-state index contributed by atoms with van der Waals surface area (Å²) in [5, 5.41) is 13.7. The maximum atomic E-state index is 12.3. The summed E-state index contributed by atoms with van der Waals surface area (Å²) < 4.78 is 0. The minimum Gasteiger partial charge on any atom is -0.396 e. The van der Waals surface area contributed by atoms with Crippen LogP contribution in [0.15, 0.2) is 30.5 Å². The van der Waals surface area contributed by atoms with Crippen molar-refractivity contribution >= 4 is 28.3 Å². The highest BCUT2D eigenvalue weighted by atomic mass is 35.5. The maximum Gasteiger partial charge on any atom is 0.253 e. The Morgan fingerprint density at radius 3 is 2.80 bits per heavy atom. The van der Waals surface area contributed by atoms with Crippen molar-refractivity contribution in [3.05, 3.63) is 41.2 Å². The molecule has 5 heteroatoms. The van der Waals surface area contributed by atoms with Crippen molar-refractivity contribution in [3.63, 3.8) is 0 Å². The van der Waals surface area contributed by atoms with Crippen molar-refractivity contribution in [1.82, 2.24) is 10.3 Å². The van der Waals surface area contributed by atoms with E-state index in [-0.39, 0.29) is 18.6 Å². The number of pyridine rings is 1. The molecule has 1 aromatic heterocycles. The predicted molar refractivity (Wildman–Crippen MR) is 80.0 cm³/mol. The van der Waals surface area contributed by atoms with Gasteiger partial charge in [-0.1, -0.05) is 35.9 Å². The second kappa shape index (κ2) is 6.68. The molecule has 0 aliphatic heterocycles.